The highest BCUT2D eigenvalue weighted by Crippen LogP contribution is 1.99. The molecule has 0 aromatic carbocycles. The van der Waals surface area contributed by atoms with Crippen LogP contribution >= 0.6 is 0 Å². The van der Waals surface area contributed by atoms with Crippen molar-refractivity contribution < 1.29 is 22.7 Å². The Kier molecular flexibility index (Phi) is 11.4. The van der Waals surface area contributed by atoms with Gasteiger partial charge in [0.25, 0.3) is 0 Å². The average molecular weight is 338 g/mol. The fourth-order valence-electron chi connectivity index (χ4n) is 1.41. The lowest BCUT2D eigenvalue weighted by atomic mass is 10.4. The zero-order chi connectivity index (χ0) is 17.0. The van der Waals surface area contributed by atoms with Crippen LogP contribution in [0.2, 0.25) is 0 Å². The largest absolute Gasteiger partial charge is 0.379 e. The molecule has 0 saturated heterocycles. The van der Waals surface area contributed by atoms with Gasteiger partial charge in [-0.05, 0) is 13.8 Å². The van der Waals surface area contributed by atoms with E-state index in [1.54, 1.807) is 13.8 Å². The molecule has 2 N–H and O–H groups in total. The number of nitrogens with one attached hydrogen (secondary N) is 2. The van der Waals surface area contributed by atoms with E-state index in [2.05, 4.69) is 10.6 Å². The van der Waals surface area contributed by atoms with Crippen molar-refractivity contribution >= 4 is 15.7 Å². The summed E-state index contributed by atoms with van der Waals surface area (Å²) in [5.41, 5.74) is 0. The lowest BCUT2D eigenvalue weighted by Gasteiger charge is -2.10. The van der Waals surface area contributed by atoms with Gasteiger partial charge in [-0.25, -0.2) is 8.42 Å². The number of ether oxygens (including phenoxy) is 2. The first-order chi connectivity index (χ1) is 10.3. The van der Waals surface area contributed by atoms with Crippen LogP contribution in [0.4, 0.5) is 0 Å². The van der Waals surface area contributed by atoms with Gasteiger partial charge in [0.2, 0.25) is 5.91 Å². The molecule has 0 atom stereocenters. The van der Waals surface area contributed by atoms with Crippen LogP contribution in [0.25, 0.3) is 0 Å². The number of sulfone groups is 1. The van der Waals surface area contributed by atoms with Crippen molar-refractivity contribution in [1.82, 2.24) is 10.6 Å². The lowest BCUT2D eigenvalue weighted by Crippen LogP contribution is -2.33. The zero-order valence-electron chi connectivity index (χ0n) is 14.1. The molecule has 1 amide bonds. The van der Waals surface area contributed by atoms with E-state index in [-0.39, 0.29) is 31.5 Å². The number of carbonyl (C=O) groups is 1. The van der Waals surface area contributed by atoms with E-state index in [0.29, 0.717) is 25.7 Å². The van der Waals surface area contributed by atoms with E-state index in [0.717, 1.165) is 0 Å². The molecule has 0 radical (unpaired) electrons. The number of carbonyl (C=O) groups excluding carboxylic acids is 1. The minimum Gasteiger partial charge on any atom is -0.379 e. The van der Waals surface area contributed by atoms with Gasteiger partial charge < -0.3 is 20.1 Å². The third kappa shape index (κ3) is 11.9. The van der Waals surface area contributed by atoms with Crippen molar-refractivity contribution in [1.29, 1.82) is 0 Å². The summed E-state index contributed by atoms with van der Waals surface area (Å²) < 4.78 is 33.4. The van der Waals surface area contributed by atoms with Gasteiger partial charge in [-0.15, -0.1) is 0 Å². The summed E-state index contributed by atoms with van der Waals surface area (Å²) in [6.07, 6.45) is 0. The van der Waals surface area contributed by atoms with Crippen LogP contribution in [0.1, 0.15) is 27.7 Å². The summed E-state index contributed by atoms with van der Waals surface area (Å²) in [4.78, 5) is 11.4. The van der Waals surface area contributed by atoms with Crippen molar-refractivity contribution in [3.8, 4) is 0 Å². The molecule has 0 aliphatic carbocycles. The quantitative estimate of drug-likeness (QED) is 0.458. The molecule has 0 aromatic heterocycles. The van der Waals surface area contributed by atoms with E-state index in [1.807, 2.05) is 13.8 Å². The van der Waals surface area contributed by atoms with Crippen LogP contribution in [-0.4, -0.2) is 70.9 Å². The van der Waals surface area contributed by atoms with Crippen LogP contribution in [0, 0.1) is 0 Å². The van der Waals surface area contributed by atoms with E-state index >= 15 is 0 Å². The third-order valence-electron chi connectivity index (χ3n) is 2.83. The maximum atomic E-state index is 11.5. The summed E-state index contributed by atoms with van der Waals surface area (Å²) in [7, 11) is -3.06. The van der Waals surface area contributed by atoms with Gasteiger partial charge in [-0.2, -0.15) is 0 Å². The molecule has 0 heterocycles. The number of hydrogen-bond donors (Lipinski definition) is 2. The molecule has 0 fully saturated rings. The Morgan fingerprint density at radius 1 is 1.00 bits per heavy atom. The van der Waals surface area contributed by atoms with E-state index in [9.17, 15) is 13.2 Å². The van der Waals surface area contributed by atoms with Gasteiger partial charge in [0.05, 0.1) is 30.8 Å². The van der Waals surface area contributed by atoms with Gasteiger partial charge in [0.1, 0.15) is 6.61 Å². The van der Waals surface area contributed by atoms with E-state index in [4.69, 9.17) is 9.47 Å². The summed E-state index contributed by atoms with van der Waals surface area (Å²) in [6, 6.07) is 0.397. The van der Waals surface area contributed by atoms with Crippen molar-refractivity contribution in [2.24, 2.45) is 0 Å². The molecule has 0 aliphatic rings. The minimum absolute atomic E-state index is 0.00454. The van der Waals surface area contributed by atoms with Crippen molar-refractivity contribution in [3.05, 3.63) is 0 Å². The lowest BCUT2D eigenvalue weighted by molar-refractivity contribution is -0.125. The molecule has 0 unspecified atom stereocenters. The molecular weight excluding hydrogens is 308 g/mol. The topological polar surface area (TPSA) is 93.7 Å². The zero-order valence-corrected chi connectivity index (χ0v) is 14.9. The second-order valence-corrected chi connectivity index (χ2v) is 8.22. The summed E-state index contributed by atoms with van der Waals surface area (Å²) in [6.45, 7) is 9.35. The van der Waals surface area contributed by atoms with Crippen LogP contribution in [0.15, 0.2) is 0 Å². The van der Waals surface area contributed by atoms with Gasteiger partial charge in [-0.1, -0.05) is 13.8 Å². The normalized spacial score (nSPS) is 12.1. The molecule has 0 aliphatic heterocycles. The third-order valence-corrected chi connectivity index (χ3v) is 5.00. The maximum Gasteiger partial charge on any atom is 0.246 e. The van der Waals surface area contributed by atoms with Crippen LogP contribution in [0.3, 0.4) is 0 Å². The minimum atomic E-state index is -3.06. The van der Waals surface area contributed by atoms with Gasteiger partial charge in [0, 0.05) is 19.1 Å². The average Bonchev–Trinajstić information content (AvgIpc) is 2.41. The molecule has 0 spiro atoms. The maximum absolute atomic E-state index is 11.5. The second kappa shape index (κ2) is 11.8. The Labute approximate surface area is 134 Å². The molecule has 0 bridgehead atoms. The molecule has 132 valence electrons. The van der Waals surface area contributed by atoms with Crippen molar-refractivity contribution in [3.63, 3.8) is 0 Å². The molecular formula is C14H30N2O5S. The first-order valence-corrected chi connectivity index (χ1v) is 9.34. The smallest absolute Gasteiger partial charge is 0.246 e. The number of hydrogen-bond acceptors (Lipinski definition) is 6. The van der Waals surface area contributed by atoms with Gasteiger partial charge in [0.15, 0.2) is 9.84 Å². The van der Waals surface area contributed by atoms with Crippen molar-refractivity contribution in [2.45, 2.75) is 39.0 Å². The van der Waals surface area contributed by atoms with Crippen LogP contribution in [0.5, 0.6) is 0 Å². The first-order valence-electron chi connectivity index (χ1n) is 7.63. The molecule has 22 heavy (non-hydrogen) atoms. The molecule has 0 rings (SSSR count). The van der Waals surface area contributed by atoms with Gasteiger partial charge >= 0.3 is 0 Å². The summed E-state index contributed by atoms with van der Waals surface area (Å²) in [5.74, 6) is -0.201. The standard InChI is InChI=1S/C14H30N2O5S/c1-12(2)15-5-8-21-11-14(17)16-6-7-20-9-10-22(18,19)13(3)4/h12-13,15H,5-11H2,1-4H3,(H,16,17). The van der Waals surface area contributed by atoms with E-state index in [1.165, 1.54) is 0 Å². The van der Waals surface area contributed by atoms with Gasteiger partial charge in [-0.3, -0.25) is 4.79 Å². The highest BCUT2D eigenvalue weighted by atomic mass is 32.2. The summed E-state index contributed by atoms with van der Waals surface area (Å²) >= 11 is 0. The van der Waals surface area contributed by atoms with Crippen LogP contribution < -0.4 is 10.6 Å². The predicted octanol–water partition coefficient (Wildman–Crippen LogP) is -0.0430. The SMILES string of the molecule is CC(C)NCCOCC(=O)NCCOCCS(=O)(=O)C(C)C. The summed E-state index contributed by atoms with van der Waals surface area (Å²) in [5, 5.41) is 5.43. The Morgan fingerprint density at radius 2 is 1.64 bits per heavy atom. The number of rotatable bonds is 13. The van der Waals surface area contributed by atoms with Crippen LogP contribution in [-0.2, 0) is 24.1 Å². The Balaban J connectivity index is 3.46. The monoisotopic (exact) mass is 338 g/mol. The van der Waals surface area contributed by atoms with E-state index < -0.39 is 15.1 Å². The number of amides is 1. The molecule has 0 saturated carbocycles. The molecule has 7 nitrogen and oxygen atoms in total. The fraction of sp³-hybridized carbons (Fsp3) is 0.929. The Hall–Kier alpha value is -0.700. The predicted molar refractivity (Wildman–Crippen MR) is 86.7 cm³/mol. The highest BCUT2D eigenvalue weighted by Gasteiger charge is 2.15. The van der Waals surface area contributed by atoms with Crippen molar-refractivity contribution in [2.75, 3.05) is 45.3 Å². The fourth-order valence-corrected chi connectivity index (χ4v) is 2.23. The Morgan fingerprint density at radius 3 is 2.23 bits per heavy atom. The molecule has 0 aromatic rings. The first kappa shape index (κ1) is 21.3. The molecule has 8 heteroatoms. The Bertz CT molecular complexity index is 396. The highest BCUT2D eigenvalue weighted by molar-refractivity contribution is 7.91. The second-order valence-electron chi connectivity index (χ2n) is 5.54.